The number of esters is 1. The number of Topliss-reactive ketones (excluding diaryl/α,β-unsaturated/α-hetero) is 1. The van der Waals surface area contributed by atoms with Gasteiger partial charge in [-0.2, -0.15) is 0 Å². The summed E-state index contributed by atoms with van der Waals surface area (Å²) in [5.74, 6) is -2.12. The molecule has 1 fully saturated rings. The Morgan fingerprint density at radius 3 is 2.48 bits per heavy atom. The molecule has 10 heteroatoms. The number of aromatic nitrogens is 1. The summed E-state index contributed by atoms with van der Waals surface area (Å²) in [6, 6.07) is 20.2. The number of benzene rings is 3. The Labute approximate surface area is 251 Å². The molecule has 1 N–H and O–H groups in total. The fraction of sp³-hybridized carbons (Fsp3) is 0.188. The lowest BCUT2D eigenvalue weighted by Gasteiger charge is -2.23. The zero-order chi connectivity index (χ0) is 30.0. The number of aliphatic hydroxyl groups is 1. The number of amides is 1. The minimum absolute atomic E-state index is 0.124. The average molecular weight is 603 g/mol. The van der Waals surface area contributed by atoms with Crippen molar-refractivity contribution in [1.82, 2.24) is 4.98 Å². The number of halogens is 1. The van der Waals surface area contributed by atoms with Crippen molar-refractivity contribution in [2.75, 3.05) is 11.5 Å². The van der Waals surface area contributed by atoms with E-state index in [2.05, 4.69) is 4.98 Å². The first-order valence-electron chi connectivity index (χ1n) is 13.2. The maximum absolute atomic E-state index is 13.5. The van der Waals surface area contributed by atoms with E-state index in [1.807, 2.05) is 31.2 Å². The number of carbonyl (C=O) groups is 3. The number of aliphatic hydroxyl groups excluding tert-OH is 1. The molecule has 0 aliphatic carbocycles. The van der Waals surface area contributed by atoms with Crippen LogP contribution in [0, 0.1) is 13.8 Å². The normalized spacial score (nSPS) is 16.1. The highest BCUT2D eigenvalue weighted by Gasteiger charge is 2.48. The van der Waals surface area contributed by atoms with Crippen LogP contribution >= 0.6 is 22.9 Å². The molecule has 42 heavy (non-hydrogen) atoms. The molecule has 214 valence electrons. The van der Waals surface area contributed by atoms with Crippen molar-refractivity contribution < 1.29 is 29.0 Å². The highest BCUT2D eigenvalue weighted by Crippen LogP contribution is 2.44. The maximum atomic E-state index is 13.5. The summed E-state index contributed by atoms with van der Waals surface area (Å²) < 4.78 is 11.0. The molecule has 0 spiro atoms. The van der Waals surface area contributed by atoms with Gasteiger partial charge in [0.05, 0.1) is 23.9 Å². The van der Waals surface area contributed by atoms with Crippen molar-refractivity contribution in [3.05, 3.63) is 116 Å². The van der Waals surface area contributed by atoms with Gasteiger partial charge in [-0.1, -0.05) is 59.3 Å². The Kier molecular flexibility index (Phi) is 8.42. The topological polar surface area (TPSA) is 106 Å². The first-order valence-corrected chi connectivity index (χ1v) is 14.4. The first kappa shape index (κ1) is 29.0. The van der Waals surface area contributed by atoms with Gasteiger partial charge >= 0.3 is 11.9 Å². The van der Waals surface area contributed by atoms with Crippen LogP contribution in [-0.4, -0.2) is 34.4 Å². The fourth-order valence-corrected chi connectivity index (χ4v) is 5.88. The first-order chi connectivity index (χ1) is 20.2. The van der Waals surface area contributed by atoms with Crippen LogP contribution in [0.3, 0.4) is 0 Å². The van der Waals surface area contributed by atoms with Gasteiger partial charge in [0.2, 0.25) is 0 Å². The standard InChI is InChI=1S/C32H27ClN2O6S/c1-4-40-31(39)29-19(3)34-32(42-29)35-26(21-10-7-11-23(33)16-21)25(28(37)30(35)38)27(36)20-12-14-24(15-13-20)41-17-22-9-6-5-8-18(22)2/h5-16,26,36H,4,17H2,1-3H3. The van der Waals surface area contributed by atoms with Gasteiger partial charge in [0.15, 0.2) is 5.13 Å². The summed E-state index contributed by atoms with van der Waals surface area (Å²) in [5.41, 5.74) is 3.22. The second-order valence-electron chi connectivity index (χ2n) is 9.60. The summed E-state index contributed by atoms with van der Waals surface area (Å²) in [6.07, 6.45) is 0. The van der Waals surface area contributed by atoms with Crippen LogP contribution in [0.5, 0.6) is 5.75 Å². The molecule has 0 radical (unpaired) electrons. The van der Waals surface area contributed by atoms with Gasteiger partial charge in [-0.3, -0.25) is 14.5 Å². The van der Waals surface area contributed by atoms with E-state index in [1.54, 1.807) is 62.4 Å². The van der Waals surface area contributed by atoms with Crippen molar-refractivity contribution in [1.29, 1.82) is 0 Å². The third kappa shape index (κ3) is 5.66. The van der Waals surface area contributed by atoms with Gasteiger partial charge in [-0.05, 0) is 73.9 Å². The second-order valence-corrected chi connectivity index (χ2v) is 11.0. The lowest BCUT2D eigenvalue weighted by atomic mass is 9.95. The van der Waals surface area contributed by atoms with Gasteiger partial charge in [-0.25, -0.2) is 9.78 Å². The van der Waals surface area contributed by atoms with E-state index in [1.165, 1.54) is 4.90 Å². The highest BCUT2D eigenvalue weighted by molar-refractivity contribution is 7.17. The Bertz CT molecular complexity index is 1710. The summed E-state index contributed by atoms with van der Waals surface area (Å²) >= 11 is 7.23. The maximum Gasteiger partial charge on any atom is 0.350 e. The number of aryl methyl sites for hydroxylation is 2. The second kappa shape index (κ2) is 12.2. The molecule has 8 nitrogen and oxygen atoms in total. The van der Waals surface area contributed by atoms with E-state index in [9.17, 15) is 19.5 Å². The summed E-state index contributed by atoms with van der Waals surface area (Å²) in [6.45, 7) is 5.87. The predicted octanol–water partition coefficient (Wildman–Crippen LogP) is 6.80. The van der Waals surface area contributed by atoms with Crippen molar-refractivity contribution in [2.45, 2.75) is 33.4 Å². The summed E-state index contributed by atoms with van der Waals surface area (Å²) in [4.78, 5) is 45.3. The van der Waals surface area contributed by atoms with Gasteiger partial charge in [0.25, 0.3) is 5.78 Å². The van der Waals surface area contributed by atoms with Crippen LogP contribution < -0.4 is 9.64 Å². The Morgan fingerprint density at radius 1 is 1.05 bits per heavy atom. The number of thiazole rings is 1. The van der Waals surface area contributed by atoms with Crippen LogP contribution in [0.15, 0.2) is 78.4 Å². The fourth-order valence-electron chi connectivity index (χ4n) is 4.69. The SMILES string of the molecule is CCOC(=O)c1sc(N2C(=O)C(=O)C(=C(O)c3ccc(OCc4ccccc4C)cc3)C2c2cccc(Cl)c2)nc1C. The summed E-state index contributed by atoms with van der Waals surface area (Å²) in [7, 11) is 0. The number of ether oxygens (including phenoxy) is 2. The quantitative estimate of drug-likeness (QED) is 0.102. The van der Waals surface area contributed by atoms with E-state index in [0.717, 1.165) is 22.5 Å². The Balaban J connectivity index is 1.53. The van der Waals surface area contributed by atoms with Gasteiger partial charge in [0, 0.05) is 10.6 Å². The van der Waals surface area contributed by atoms with Crippen molar-refractivity contribution in [3.63, 3.8) is 0 Å². The smallest absolute Gasteiger partial charge is 0.350 e. The molecule has 1 aliphatic heterocycles. The lowest BCUT2D eigenvalue weighted by Crippen LogP contribution is -2.29. The molecule has 1 aliphatic rings. The van der Waals surface area contributed by atoms with E-state index in [-0.39, 0.29) is 27.9 Å². The number of carbonyl (C=O) groups excluding carboxylic acids is 3. The van der Waals surface area contributed by atoms with Crippen molar-refractivity contribution in [3.8, 4) is 5.75 Å². The minimum Gasteiger partial charge on any atom is -0.507 e. The van der Waals surface area contributed by atoms with E-state index in [0.29, 0.717) is 34.2 Å². The molecule has 5 rings (SSSR count). The molecule has 1 unspecified atom stereocenters. The number of nitrogens with zero attached hydrogens (tertiary/aromatic N) is 2. The molecule has 1 amide bonds. The third-order valence-corrected chi connectivity index (χ3v) is 8.22. The van der Waals surface area contributed by atoms with Gasteiger partial charge in [-0.15, -0.1) is 0 Å². The van der Waals surface area contributed by atoms with Crippen LogP contribution in [0.4, 0.5) is 5.13 Å². The number of hydrogen-bond donors (Lipinski definition) is 1. The highest BCUT2D eigenvalue weighted by atomic mass is 35.5. The molecule has 1 saturated heterocycles. The molecule has 0 saturated carbocycles. The van der Waals surface area contributed by atoms with Crippen LogP contribution in [-0.2, 0) is 20.9 Å². The third-order valence-electron chi connectivity index (χ3n) is 6.84. The van der Waals surface area contributed by atoms with Crippen molar-refractivity contribution >= 4 is 51.5 Å². The molecule has 4 aromatic rings. The predicted molar refractivity (Wildman–Crippen MR) is 161 cm³/mol. The monoisotopic (exact) mass is 602 g/mol. The number of rotatable bonds is 8. The molecular formula is C32H27ClN2O6S. The number of hydrogen-bond acceptors (Lipinski definition) is 8. The molecule has 2 heterocycles. The molecule has 1 aromatic heterocycles. The molecule has 3 aromatic carbocycles. The lowest BCUT2D eigenvalue weighted by molar-refractivity contribution is -0.132. The van der Waals surface area contributed by atoms with E-state index in [4.69, 9.17) is 21.1 Å². The molecule has 0 bridgehead atoms. The summed E-state index contributed by atoms with van der Waals surface area (Å²) in [5, 5.41) is 12.0. The average Bonchev–Trinajstić information content (AvgIpc) is 3.49. The van der Waals surface area contributed by atoms with Crippen LogP contribution in [0.2, 0.25) is 5.02 Å². The number of ketones is 1. The van der Waals surface area contributed by atoms with Crippen molar-refractivity contribution in [2.24, 2.45) is 0 Å². The largest absolute Gasteiger partial charge is 0.507 e. The Morgan fingerprint density at radius 2 is 1.79 bits per heavy atom. The van der Waals surface area contributed by atoms with Gasteiger partial charge in [0.1, 0.15) is 23.0 Å². The van der Waals surface area contributed by atoms with E-state index < -0.39 is 23.7 Å². The zero-order valence-electron chi connectivity index (χ0n) is 23.1. The van der Waals surface area contributed by atoms with Crippen LogP contribution in [0.1, 0.15) is 50.6 Å². The minimum atomic E-state index is -1.04. The molecule has 1 atom stereocenters. The van der Waals surface area contributed by atoms with Gasteiger partial charge < -0.3 is 14.6 Å². The zero-order valence-corrected chi connectivity index (χ0v) is 24.7. The van der Waals surface area contributed by atoms with Crippen LogP contribution in [0.25, 0.3) is 5.76 Å². The molecular weight excluding hydrogens is 576 g/mol. The number of anilines is 1. The Hall–Kier alpha value is -4.47. The van der Waals surface area contributed by atoms with E-state index >= 15 is 0 Å².